The maximum atomic E-state index is 11.8. The summed E-state index contributed by atoms with van der Waals surface area (Å²) in [6, 6.07) is 1.44. The van der Waals surface area contributed by atoms with Crippen molar-refractivity contribution in [1.82, 2.24) is 4.98 Å². The van der Waals surface area contributed by atoms with Crippen molar-refractivity contribution >= 4 is 17.5 Å². The van der Waals surface area contributed by atoms with Gasteiger partial charge in [-0.15, -0.1) is 0 Å². The molecule has 5 nitrogen and oxygen atoms in total. The summed E-state index contributed by atoms with van der Waals surface area (Å²) in [4.78, 5) is 37.1. The normalized spacial score (nSPS) is 19.6. The molecule has 1 saturated carbocycles. The topological polar surface area (TPSA) is 76.2 Å². The lowest BCUT2D eigenvalue weighted by Gasteiger charge is -2.20. The molecule has 1 aromatic heterocycles. The van der Waals surface area contributed by atoms with E-state index in [0.717, 1.165) is 12.8 Å². The van der Waals surface area contributed by atoms with Gasteiger partial charge in [0.1, 0.15) is 5.69 Å². The van der Waals surface area contributed by atoms with Gasteiger partial charge in [-0.2, -0.15) is 0 Å². The summed E-state index contributed by atoms with van der Waals surface area (Å²) in [5, 5.41) is 0. The Bertz CT molecular complexity index is 489. The summed E-state index contributed by atoms with van der Waals surface area (Å²) in [7, 11) is 0. The zero-order valence-corrected chi connectivity index (χ0v) is 10.2. The number of aromatic amines is 1. The fourth-order valence-corrected chi connectivity index (χ4v) is 1.98. The number of nitrogens with one attached hydrogen (secondary N) is 1. The Morgan fingerprint density at radius 3 is 2.78 bits per heavy atom. The van der Waals surface area contributed by atoms with Crippen molar-refractivity contribution in [3.63, 3.8) is 0 Å². The van der Waals surface area contributed by atoms with E-state index >= 15 is 0 Å². The Balaban J connectivity index is 2.02. The van der Waals surface area contributed by atoms with Crippen molar-refractivity contribution in [3.05, 3.63) is 23.5 Å². The maximum Gasteiger partial charge on any atom is 0.355 e. The molecule has 1 N–H and O–H groups in total. The van der Waals surface area contributed by atoms with Crippen molar-refractivity contribution in [1.29, 1.82) is 0 Å². The minimum absolute atomic E-state index is 0.0204. The molecule has 18 heavy (non-hydrogen) atoms. The number of esters is 1. The van der Waals surface area contributed by atoms with Gasteiger partial charge in [-0.25, -0.2) is 4.79 Å². The van der Waals surface area contributed by atoms with E-state index in [9.17, 15) is 14.4 Å². The molecule has 0 radical (unpaired) electrons. The molecular formula is C13H15NO4. The van der Waals surface area contributed by atoms with Crippen molar-refractivity contribution in [2.24, 2.45) is 0 Å². The average molecular weight is 249 g/mol. The molecule has 0 amide bonds. The second-order valence-electron chi connectivity index (χ2n) is 4.46. The third-order valence-electron chi connectivity index (χ3n) is 3.06. The highest BCUT2D eigenvalue weighted by molar-refractivity contribution is 5.98. The molecule has 0 spiro atoms. The highest BCUT2D eigenvalue weighted by atomic mass is 16.5. The summed E-state index contributed by atoms with van der Waals surface area (Å²) >= 11 is 0. The number of Topliss-reactive ketones (excluding diaryl/α,β-unsaturated/α-hetero) is 2. The van der Waals surface area contributed by atoms with Gasteiger partial charge < -0.3 is 9.72 Å². The van der Waals surface area contributed by atoms with Crippen LogP contribution in [0, 0.1) is 0 Å². The first-order valence-electron chi connectivity index (χ1n) is 6.01. The molecule has 0 aromatic carbocycles. The number of carbonyl (C=O) groups is 3. The molecule has 0 unspecified atom stereocenters. The summed E-state index contributed by atoms with van der Waals surface area (Å²) in [6.45, 7) is 1.42. The van der Waals surface area contributed by atoms with Crippen molar-refractivity contribution in [2.75, 3.05) is 0 Å². The van der Waals surface area contributed by atoms with Crippen LogP contribution < -0.4 is 0 Å². The van der Waals surface area contributed by atoms with Gasteiger partial charge in [-0.3, -0.25) is 9.59 Å². The van der Waals surface area contributed by atoms with Crippen LogP contribution in [0.3, 0.4) is 0 Å². The smallest absolute Gasteiger partial charge is 0.355 e. The molecule has 96 valence electrons. The van der Waals surface area contributed by atoms with Crippen molar-refractivity contribution in [2.45, 2.75) is 38.7 Å². The molecule has 1 fully saturated rings. The molecule has 0 bridgehead atoms. The monoisotopic (exact) mass is 249 g/mol. The van der Waals surface area contributed by atoms with Crippen LogP contribution in [0.25, 0.3) is 0 Å². The van der Waals surface area contributed by atoms with Gasteiger partial charge in [0.2, 0.25) is 0 Å². The summed E-state index contributed by atoms with van der Waals surface area (Å²) in [5.41, 5.74) is 0.635. The van der Waals surface area contributed by atoms with E-state index in [0.29, 0.717) is 18.4 Å². The van der Waals surface area contributed by atoms with Crippen LogP contribution in [-0.4, -0.2) is 28.6 Å². The molecule has 0 saturated heterocycles. The summed E-state index contributed by atoms with van der Waals surface area (Å²) in [5.74, 6) is -0.727. The van der Waals surface area contributed by atoms with Crippen LogP contribution >= 0.6 is 0 Å². The largest absolute Gasteiger partial charge is 0.450 e. The fraction of sp³-hybridized carbons (Fsp3) is 0.462. The van der Waals surface area contributed by atoms with Crippen LogP contribution in [0.5, 0.6) is 0 Å². The highest BCUT2D eigenvalue weighted by Crippen LogP contribution is 2.18. The van der Waals surface area contributed by atoms with Gasteiger partial charge in [0, 0.05) is 18.2 Å². The molecule has 1 atom stereocenters. The average Bonchev–Trinajstić information content (AvgIpc) is 2.81. The molecule has 2 rings (SSSR count). The second-order valence-corrected chi connectivity index (χ2v) is 4.46. The number of hydrogen-bond acceptors (Lipinski definition) is 4. The van der Waals surface area contributed by atoms with Crippen LogP contribution in [0.4, 0.5) is 0 Å². The lowest BCUT2D eigenvalue weighted by Crippen LogP contribution is -2.30. The fourth-order valence-electron chi connectivity index (χ4n) is 1.98. The van der Waals surface area contributed by atoms with Crippen LogP contribution in [0.2, 0.25) is 0 Å². The molecule has 1 aliphatic carbocycles. The van der Waals surface area contributed by atoms with Crippen LogP contribution in [-0.2, 0) is 9.53 Å². The van der Waals surface area contributed by atoms with E-state index in [1.54, 1.807) is 0 Å². The number of aromatic nitrogens is 1. The van der Waals surface area contributed by atoms with Gasteiger partial charge in [-0.05, 0) is 32.3 Å². The molecule has 1 aromatic rings. The minimum Gasteiger partial charge on any atom is -0.450 e. The second kappa shape index (κ2) is 5.16. The number of H-pyrrole nitrogens is 1. The SMILES string of the molecule is CC(=O)c1c[nH]c(C(=O)O[C@@H]2CCCCC2=O)c1. The standard InChI is InChI=1S/C13H15NO4/c1-8(15)9-6-10(14-7-9)13(17)18-12-5-3-2-4-11(12)16/h6-7,12,14H,2-5H2,1H3/t12-/m1/s1. The Hall–Kier alpha value is -1.91. The predicted octanol–water partition coefficient (Wildman–Crippen LogP) is 1.89. The lowest BCUT2D eigenvalue weighted by atomic mass is 9.96. The van der Waals surface area contributed by atoms with Gasteiger partial charge in [0.05, 0.1) is 0 Å². The molecule has 5 heteroatoms. The Labute approximate surface area is 105 Å². The zero-order chi connectivity index (χ0) is 13.1. The molecule has 0 aliphatic heterocycles. The zero-order valence-electron chi connectivity index (χ0n) is 10.2. The Morgan fingerprint density at radius 1 is 1.39 bits per heavy atom. The van der Waals surface area contributed by atoms with Crippen LogP contribution in [0.15, 0.2) is 12.3 Å². The first-order valence-corrected chi connectivity index (χ1v) is 6.01. The summed E-state index contributed by atoms with van der Waals surface area (Å²) in [6.07, 6.45) is 3.65. The number of ketones is 2. The van der Waals surface area contributed by atoms with Crippen molar-refractivity contribution in [3.8, 4) is 0 Å². The third kappa shape index (κ3) is 2.67. The van der Waals surface area contributed by atoms with E-state index in [1.807, 2.05) is 0 Å². The van der Waals surface area contributed by atoms with E-state index in [2.05, 4.69) is 4.98 Å². The van der Waals surface area contributed by atoms with E-state index in [1.165, 1.54) is 19.2 Å². The highest BCUT2D eigenvalue weighted by Gasteiger charge is 2.26. The van der Waals surface area contributed by atoms with Crippen molar-refractivity contribution < 1.29 is 19.1 Å². The van der Waals surface area contributed by atoms with Gasteiger partial charge in [0.25, 0.3) is 0 Å². The Kier molecular flexibility index (Phi) is 3.60. The van der Waals surface area contributed by atoms with E-state index < -0.39 is 12.1 Å². The minimum atomic E-state index is -0.629. The number of ether oxygens (including phenoxy) is 1. The first kappa shape index (κ1) is 12.5. The third-order valence-corrected chi connectivity index (χ3v) is 3.06. The predicted molar refractivity (Wildman–Crippen MR) is 63.5 cm³/mol. The van der Waals surface area contributed by atoms with E-state index in [4.69, 9.17) is 4.74 Å². The number of hydrogen-bond donors (Lipinski definition) is 1. The lowest BCUT2D eigenvalue weighted by molar-refractivity contribution is -0.129. The molecule has 1 aliphatic rings. The van der Waals surface area contributed by atoms with Gasteiger partial charge in [0.15, 0.2) is 17.7 Å². The van der Waals surface area contributed by atoms with Crippen LogP contribution in [0.1, 0.15) is 53.5 Å². The number of rotatable bonds is 3. The van der Waals surface area contributed by atoms with E-state index in [-0.39, 0.29) is 17.3 Å². The summed E-state index contributed by atoms with van der Waals surface area (Å²) < 4.78 is 5.15. The molecular weight excluding hydrogens is 234 g/mol. The quantitative estimate of drug-likeness (QED) is 0.655. The molecule has 1 heterocycles. The van der Waals surface area contributed by atoms with Gasteiger partial charge >= 0.3 is 5.97 Å². The van der Waals surface area contributed by atoms with Gasteiger partial charge in [-0.1, -0.05) is 0 Å². The Morgan fingerprint density at radius 2 is 2.17 bits per heavy atom. The maximum absolute atomic E-state index is 11.8. The number of carbonyl (C=O) groups excluding carboxylic acids is 3. The first-order chi connectivity index (χ1) is 8.58.